The fourth-order valence-electron chi connectivity index (χ4n) is 1.99. The average molecular weight is 256 g/mol. The predicted octanol–water partition coefficient (Wildman–Crippen LogP) is 0.990. The highest BCUT2D eigenvalue weighted by atomic mass is 16.4. The summed E-state index contributed by atoms with van der Waals surface area (Å²) in [5.74, 6) is -0.742. The summed E-state index contributed by atoms with van der Waals surface area (Å²) < 4.78 is 0. The number of carbonyl (C=O) groups is 2. The van der Waals surface area contributed by atoms with Crippen molar-refractivity contribution in [1.29, 1.82) is 0 Å². The molecule has 1 saturated heterocycles. The molecule has 0 radical (unpaired) electrons. The van der Waals surface area contributed by atoms with Gasteiger partial charge in [-0.15, -0.1) is 0 Å². The van der Waals surface area contributed by atoms with Crippen LogP contribution in [0.15, 0.2) is 0 Å². The van der Waals surface area contributed by atoms with E-state index in [1.807, 2.05) is 6.92 Å². The highest BCUT2D eigenvalue weighted by Gasteiger charge is 2.45. The molecule has 0 spiro atoms. The third-order valence-electron chi connectivity index (χ3n) is 4.35. The molecule has 5 heteroatoms. The number of aliphatic carboxylic acids is 1. The summed E-state index contributed by atoms with van der Waals surface area (Å²) in [6, 6.07) is -0.214. The number of nitrogens with one attached hydrogen (secondary N) is 2. The molecular formula is C13H24N2O3. The molecular weight excluding hydrogens is 232 g/mol. The fraction of sp³-hybridized carbons (Fsp3) is 0.846. The van der Waals surface area contributed by atoms with Gasteiger partial charge in [0.2, 0.25) is 5.91 Å². The smallest absolute Gasteiger partial charge is 0.311 e. The van der Waals surface area contributed by atoms with E-state index in [2.05, 4.69) is 10.6 Å². The summed E-state index contributed by atoms with van der Waals surface area (Å²) in [7, 11) is 0. The van der Waals surface area contributed by atoms with E-state index in [-0.39, 0.29) is 17.9 Å². The first kappa shape index (κ1) is 15.0. The van der Waals surface area contributed by atoms with Crippen LogP contribution in [0.3, 0.4) is 0 Å². The number of carbonyl (C=O) groups excluding carboxylic acids is 1. The maximum absolute atomic E-state index is 12.2. The molecule has 18 heavy (non-hydrogen) atoms. The second-order valence-corrected chi connectivity index (χ2v) is 6.24. The molecule has 0 aromatic heterocycles. The van der Waals surface area contributed by atoms with Gasteiger partial charge in [-0.2, -0.15) is 0 Å². The minimum Gasteiger partial charge on any atom is -0.481 e. The molecule has 1 heterocycles. The molecule has 3 N–H and O–H groups in total. The maximum Gasteiger partial charge on any atom is 0.311 e. The van der Waals surface area contributed by atoms with Crippen molar-refractivity contribution in [3.63, 3.8) is 0 Å². The van der Waals surface area contributed by atoms with Crippen LogP contribution in [0.2, 0.25) is 0 Å². The van der Waals surface area contributed by atoms with Crippen molar-refractivity contribution in [2.45, 2.75) is 52.6 Å². The Bertz CT molecular complexity index is 350. The maximum atomic E-state index is 12.2. The van der Waals surface area contributed by atoms with E-state index in [0.717, 1.165) is 13.0 Å². The molecule has 1 rings (SSSR count). The molecule has 1 aliphatic rings. The molecule has 0 saturated carbocycles. The SMILES string of the molecule is CC1CCNC1C(=O)NC(C)(C)C(C)(C)C(=O)O. The van der Waals surface area contributed by atoms with Crippen LogP contribution in [0, 0.1) is 11.3 Å². The van der Waals surface area contributed by atoms with Gasteiger partial charge in [0.25, 0.3) is 0 Å². The van der Waals surface area contributed by atoms with Gasteiger partial charge in [0, 0.05) is 0 Å². The van der Waals surface area contributed by atoms with Gasteiger partial charge in [-0.05, 0) is 46.6 Å². The number of carboxylic acid groups (broad SMARTS) is 1. The van der Waals surface area contributed by atoms with Crippen molar-refractivity contribution in [2.75, 3.05) is 6.54 Å². The molecule has 2 atom stereocenters. The van der Waals surface area contributed by atoms with Gasteiger partial charge in [-0.3, -0.25) is 9.59 Å². The fourth-order valence-corrected chi connectivity index (χ4v) is 1.99. The van der Waals surface area contributed by atoms with E-state index in [9.17, 15) is 14.7 Å². The molecule has 104 valence electrons. The van der Waals surface area contributed by atoms with Crippen LogP contribution < -0.4 is 10.6 Å². The third kappa shape index (κ3) is 2.66. The van der Waals surface area contributed by atoms with Gasteiger partial charge < -0.3 is 15.7 Å². The van der Waals surface area contributed by atoms with E-state index in [4.69, 9.17) is 0 Å². The lowest BCUT2D eigenvalue weighted by atomic mass is 9.74. The number of rotatable bonds is 4. The number of carboxylic acids is 1. The summed E-state index contributed by atoms with van der Waals surface area (Å²) in [6.45, 7) is 9.61. The highest BCUT2D eigenvalue weighted by molar-refractivity contribution is 5.84. The van der Waals surface area contributed by atoms with Gasteiger partial charge >= 0.3 is 5.97 Å². The molecule has 0 bridgehead atoms. The van der Waals surface area contributed by atoms with Gasteiger partial charge in [0.1, 0.15) is 0 Å². The first-order chi connectivity index (χ1) is 8.09. The quantitative estimate of drug-likeness (QED) is 0.701. The highest BCUT2D eigenvalue weighted by Crippen LogP contribution is 2.31. The van der Waals surface area contributed by atoms with Gasteiger partial charge in [0.05, 0.1) is 17.0 Å². The second kappa shape index (κ2) is 4.88. The normalized spacial score (nSPS) is 24.9. The standard InChI is InChI=1S/C13H24N2O3/c1-8-6-7-14-9(8)10(16)15-13(4,5)12(2,3)11(17)18/h8-9,14H,6-7H2,1-5H3,(H,15,16)(H,17,18). The Morgan fingerprint density at radius 2 is 1.83 bits per heavy atom. The van der Waals surface area contributed by atoms with Crippen molar-refractivity contribution < 1.29 is 14.7 Å². The topological polar surface area (TPSA) is 78.4 Å². The Morgan fingerprint density at radius 3 is 2.22 bits per heavy atom. The minimum absolute atomic E-state index is 0.112. The van der Waals surface area contributed by atoms with Gasteiger partial charge in [0.15, 0.2) is 0 Å². The predicted molar refractivity (Wildman–Crippen MR) is 69.2 cm³/mol. The lowest BCUT2D eigenvalue weighted by Gasteiger charge is -2.39. The number of hydrogen-bond donors (Lipinski definition) is 3. The van der Waals surface area contributed by atoms with Crippen LogP contribution in [0.25, 0.3) is 0 Å². The molecule has 1 amide bonds. The summed E-state index contributed by atoms with van der Waals surface area (Å²) in [5, 5.41) is 15.3. The van der Waals surface area contributed by atoms with Crippen molar-refractivity contribution in [3.8, 4) is 0 Å². The van der Waals surface area contributed by atoms with Crippen molar-refractivity contribution in [2.24, 2.45) is 11.3 Å². The Hall–Kier alpha value is -1.10. The second-order valence-electron chi connectivity index (χ2n) is 6.24. The first-order valence-electron chi connectivity index (χ1n) is 6.38. The zero-order valence-electron chi connectivity index (χ0n) is 11.8. The Labute approximate surface area is 108 Å². The van der Waals surface area contributed by atoms with Crippen LogP contribution in [0.4, 0.5) is 0 Å². The molecule has 2 unspecified atom stereocenters. The summed E-state index contributed by atoms with van der Waals surface area (Å²) in [4.78, 5) is 23.4. The van der Waals surface area contributed by atoms with E-state index in [0.29, 0.717) is 0 Å². The number of hydrogen-bond acceptors (Lipinski definition) is 3. The monoisotopic (exact) mass is 256 g/mol. The van der Waals surface area contributed by atoms with Crippen LogP contribution in [0.1, 0.15) is 41.0 Å². The summed E-state index contributed by atoms with van der Waals surface area (Å²) in [6.07, 6.45) is 0.973. The molecule has 0 aromatic rings. The van der Waals surface area contributed by atoms with Crippen molar-refractivity contribution >= 4 is 11.9 Å². The third-order valence-corrected chi connectivity index (χ3v) is 4.35. The minimum atomic E-state index is -1.02. The molecule has 1 aliphatic heterocycles. The molecule has 0 aliphatic carbocycles. The zero-order valence-corrected chi connectivity index (χ0v) is 11.8. The van der Waals surface area contributed by atoms with E-state index >= 15 is 0 Å². The molecule has 0 aromatic carbocycles. The van der Waals surface area contributed by atoms with Crippen molar-refractivity contribution in [1.82, 2.24) is 10.6 Å². The van der Waals surface area contributed by atoms with Crippen molar-refractivity contribution in [3.05, 3.63) is 0 Å². The largest absolute Gasteiger partial charge is 0.481 e. The Balaban J connectivity index is 2.77. The average Bonchev–Trinajstić information content (AvgIpc) is 2.63. The number of amides is 1. The van der Waals surface area contributed by atoms with Crippen LogP contribution in [-0.4, -0.2) is 35.1 Å². The Morgan fingerprint density at radius 1 is 1.28 bits per heavy atom. The zero-order chi connectivity index (χ0) is 14.1. The van der Waals surface area contributed by atoms with E-state index in [1.54, 1.807) is 27.7 Å². The van der Waals surface area contributed by atoms with Gasteiger partial charge in [-0.25, -0.2) is 0 Å². The molecule has 1 fully saturated rings. The lowest BCUT2D eigenvalue weighted by Crippen LogP contribution is -2.60. The lowest BCUT2D eigenvalue weighted by molar-refractivity contribution is -0.152. The van der Waals surface area contributed by atoms with Crippen LogP contribution in [0.5, 0.6) is 0 Å². The molecule has 5 nitrogen and oxygen atoms in total. The Kier molecular flexibility index (Phi) is 4.05. The van der Waals surface area contributed by atoms with E-state index in [1.165, 1.54) is 0 Å². The van der Waals surface area contributed by atoms with Crippen LogP contribution in [-0.2, 0) is 9.59 Å². The van der Waals surface area contributed by atoms with E-state index < -0.39 is 16.9 Å². The summed E-state index contributed by atoms with van der Waals surface area (Å²) >= 11 is 0. The van der Waals surface area contributed by atoms with Crippen LogP contribution >= 0.6 is 0 Å². The summed E-state index contributed by atoms with van der Waals surface area (Å²) in [5.41, 5.74) is -1.83. The van der Waals surface area contributed by atoms with Gasteiger partial charge in [-0.1, -0.05) is 6.92 Å². The first-order valence-corrected chi connectivity index (χ1v) is 6.38.